The first-order valence-corrected chi connectivity index (χ1v) is 12.1. The summed E-state index contributed by atoms with van der Waals surface area (Å²) in [6, 6.07) is 9.17. The van der Waals surface area contributed by atoms with Crippen LogP contribution >= 0.6 is 15.9 Å². The molecule has 0 saturated heterocycles. The first-order chi connectivity index (χ1) is 13.8. The van der Waals surface area contributed by atoms with Gasteiger partial charge in [-0.2, -0.15) is 9.61 Å². The normalized spacial score (nSPS) is 20.0. The third kappa shape index (κ3) is 4.54. The molecule has 29 heavy (non-hydrogen) atoms. The zero-order chi connectivity index (χ0) is 20.6. The summed E-state index contributed by atoms with van der Waals surface area (Å²) < 4.78 is 25.8. The monoisotopic (exact) mass is 478 g/mol. The fourth-order valence-corrected chi connectivity index (χ4v) is 4.48. The van der Waals surface area contributed by atoms with Crippen molar-refractivity contribution >= 4 is 48.7 Å². The molecule has 154 valence electrons. The SMILES string of the molecule is CS(=O)(=O)c1ccc(Nc2cc(NC3CCC(N)CC3)nc3c(Br)cnn23)cc1. The van der Waals surface area contributed by atoms with Crippen molar-refractivity contribution in [3.05, 3.63) is 41.0 Å². The molecule has 4 N–H and O–H groups in total. The Bertz CT molecular complexity index is 1120. The number of nitrogens with two attached hydrogens (primary N) is 1. The highest BCUT2D eigenvalue weighted by atomic mass is 79.9. The van der Waals surface area contributed by atoms with Gasteiger partial charge < -0.3 is 16.4 Å². The molecule has 2 heterocycles. The number of nitrogens with zero attached hydrogens (tertiary/aromatic N) is 3. The van der Waals surface area contributed by atoms with Gasteiger partial charge in [-0.1, -0.05) is 0 Å². The van der Waals surface area contributed by atoms with Crippen molar-refractivity contribution in [1.29, 1.82) is 0 Å². The van der Waals surface area contributed by atoms with Gasteiger partial charge in [0.1, 0.15) is 11.6 Å². The number of nitrogens with one attached hydrogen (secondary N) is 2. The molecule has 0 atom stereocenters. The quantitative estimate of drug-likeness (QED) is 0.514. The zero-order valence-electron chi connectivity index (χ0n) is 16.0. The second-order valence-corrected chi connectivity index (χ2v) is 10.3. The van der Waals surface area contributed by atoms with Crippen molar-refractivity contribution in [3.63, 3.8) is 0 Å². The Morgan fingerprint density at radius 3 is 2.52 bits per heavy atom. The maximum atomic E-state index is 11.7. The Labute approximate surface area is 177 Å². The molecule has 0 unspecified atom stereocenters. The van der Waals surface area contributed by atoms with Crippen LogP contribution in [0.2, 0.25) is 0 Å². The molecule has 0 spiro atoms. The zero-order valence-corrected chi connectivity index (χ0v) is 18.4. The predicted molar refractivity (Wildman–Crippen MR) is 117 cm³/mol. The molecule has 1 aliphatic carbocycles. The van der Waals surface area contributed by atoms with E-state index in [0.29, 0.717) is 17.7 Å². The first-order valence-electron chi connectivity index (χ1n) is 9.43. The average Bonchev–Trinajstić information content (AvgIpc) is 3.05. The van der Waals surface area contributed by atoms with E-state index in [-0.39, 0.29) is 4.90 Å². The van der Waals surface area contributed by atoms with Crippen LogP contribution in [-0.4, -0.2) is 41.4 Å². The summed E-state index contributed by atoms with van der Waals surface area (Å²) in [5, 5.41) is 11.2. The smallest absolute Gasteiger partial charge is 0.175 e. The van der Waals surface area contributed by atoms with E-state index in [4.69, 9.17) is 5.73 Å². The van der Waals surface area contributed by atoms with Crippen molar-refractivity contribution in [2.24, 2.45) is 5.73 Å². The minimum atomic E-state index is -3.23. The van der Waals surface area contributed by atoms with E-state index in [2.05, 4.69) is 36.6 Å². The second kappa shape index (κ2) is 7.92. The topological polar surface area (TPSA) is 114 Å². The Morgan fingerprint density at radius 2 is 1.86 bits per heavy atom. The van der Waals surface area contributed by atoms with Crippen LogP contribution in [-0.2, 0) is 9.84 Å². The van der Waals surface area contributed by atoms with Crippen molar-refractivity contribution in [2.45, 2.75) is 42.7 Å². The minimum Gasteiger partial charge on any atom is -0.367 e. The molecule has 0 radical (unpaired) electrons. The van der Waals surface area contributed by atoms with Crippen LogP contribution in [0.1, 0.15) is 25.7 Å². The van der Waals surface area contributed by atoms with Crippen molar-refractivity contribution in [2.75, 3.05) is 16.9 Å². The number of hydrogen-bond acceptors (Lipinski definition) is 7. The summed E-state index contributed by atoms with van der Waals surface area (Å²) in [6.45, 7) is 0. The van der Waals surface area contributed by atoms with Gasteiger partial charge in [0.25, 0.3) is 0 Å². The number of benzene rings is 1. The van der Waals surface area contributed by atoms with Crippen LogP contribution in [0.5, 0.6) is 0 Å². The van der Waals surface area contributed by atoms with Gasteiger partial charge in [-0.15, -0.1) is 0 Å². The van der Waals surface area contributed by atoms with Gasteiger partial charge in [-0.25, -0.2) is 13.4 Å². The summed E-state index contributed by atoms with van der Waals surface area (Å²) in [5.74, 6) is 1.48. The van der Waals surface area contributed by atoms with E-state index in [1.54, 1.807) is 35.0 Å². The molecule has 8 nitrogen and oxygen atoms in total. The van der Waals surface area contributed by atoms with Gasteiger partial charge in [0.05, 0.1) is 15.6 Å². The van der Waals surface area contributed by atoms with Gasteiger partial charge in [0, 0.05) is 30.1 Å². The van der Waals surface area contributed by atoms with Crippen LogP contribution in [0.3, 0.4) is 0 Å². The standard InChI is InChI=1S/C19H23BrN6O2S/c1-29(27,28)15-8-6-14(7-9-15)24-18-10-17(23-13-4-2-12(21)3-5-13)25-19-16(20)11-22-26(18)19/h6-13,24H,2-5,21H2,1H3,(H,23,25). The molecule has 3 aromatic rings. The van der Waals surface area contributed by atoms with E-state index in [0.717, 1.165) is 47.5 Å². The van der Waals surface area contributed by atoms with Crippen molar-refractivity contribution < 1.29 is 8.42 Å². The minimum absolute atomic E-state index is 0.280. The molecular weight excluding hydrogens is 456 g/mol. The van der Waals surface area contributed by atoms with E-state index in [1.807, 2.05) is 6.07 Å². The lowest BCUT2D eigenvalue weighted by molar-refractivity contribution is 0.410. The van der Waals surface area contributed by atoms with E-state index < -0.39 is 9.84 Å². The number of fused-ring (bicyclic) bond motifs is 1. The summed E-state index contributed by atoms with van der Waals surface area (Å²) in [4.78, 5) is 4.97. The Kier molecular flexibility index (Phi) is 5.50. The van der Waals surface area contributed by atoms with E-state index in [1.165, 1.54) is 6.26 Å². The lowest BCUT2D eigenvalue weighted by Gasteiger charge is -2.27. The van der Waals surface area contributed by atoms with Crippen LogP contribution in [0.15, 0.2) is 45.9 Å². The molecule has 0 amide bonds. The summed E-state index contributed by atoms with van der Waals surface area (Å²) >= 11 is 3.50. The average molecular weight is 479 g/mol. The molecule has 1 fully saturated rings. The maximum Gasteiger partial charge on any atom is 0.175 e. The fourth-order valence-electron chi connectivity index (χ4n) is 3.51. The third-order valence-corrected chi connectivity index (χ3v) is 6.80. The highest BCUT2D eigenvalue weighted by Gasteiger charge is 2.20. The largest absolute Gasteiger partial charge is 0.367 e. The summed E-state index contributed by atoms with van der Waals surface area (Å²) in [6.07, 6.45) is 6.94. The predicted octanol–water partition coefficient (Wildman–Crippen LogP) is 3.32. The summed E-state index contributed by atoms with van der Waals surface area (Å²) in [7, 11) is -3.23. The lowest BCUT2D eigenvalue weighted by Crippen LogP contribution is -2.33. The van der Waals surface area contributed by atoms with Gasteiger partial charge in [0.2, 0.25) is 0 Å². The number of rotatable bonds is 5. The van der Waals surface area contributed by atoms with Gasteiger partial charge >= 0.3 is 0 Å². The number of aromatic nitrogens is 3. The summed E-state index contributed by atoms with van der Waals surface area (Å²) in [5.41, 5.74) is 7.46. The molecule has 2 aromatic heterocycles. The highest BCUT2D eigenvalue weighted by Crippen LogP contribution is 2.27. The second-order valence-electron chi connectivity index (χ2n) is 7.43. The molecule has 1 aromatic carbocycles. The molecule has 1 saturated carbocycles. The Morgan fingerprint density at radius 1 is 1.17 bits per heavy atom. The molecule has 4 rings (SSSR count). The van der Waals surface area contributed by atoms with Gasteiger partial charge in [0.15, 0.2) is 15.5 Å². The van der Waals surface area contributed by atoms with Crippen LogP contribution in [0, 0.1) is 0 Å². The number of sulfone groups is 1. The third-order valence-electron chi connectivity index (χ3n) is 5.11. The van der Waals surface area contributed by atoms with Crippen LogP contribution in [0.4, 0.5) is 17.3 Å². The Balaban J connectivity index is 1.62. The lowest BCUT2D eigenvalue weighted by atomic mass is 9.92. The van der Waals surface area contributed by atoms with Gasteiger partial charge in [-0.3, -0.25) is 0 Å². The highest BCUT2D eigenvalue weighted by molar-refractivity contribution is 9.10. The number of hydrogen-bond donors (Lipinski definition) is 3. The maximum absolute atomic E-state index is 11.7. The molecule has 10 heteroatoms. The first kappa shape index (κ1) is 20.1. The molecular formula is C19H23BrN6O2S. The molecule has 0 bridgehead atoms. The molecule has 0 aliphatic heterocycles. The van der Waals surface area contributed by atoms with Crippen molar-refractivity contribution in [3.8, 4) is 0 Å². The Hall–Kier alpha value is -2.17. The fraction of sp³-hybridized carbons (Fsp3) is 0.368. The van der Waals surface area contributed by atoms with Crippen molar-refractivity contribution in [1.82, 2.24) is 14.6 Å². The van der Waals surface area contributed by atoms with Crippen LogP contribution in [0.25, 0.3) is 5.65 Å². The number of anilines is 3. The van der Waals surface area contributed by atoms with Gasteiger partial charge in [-0.05, 0) is 65.9 Å². The van der Waals surface area contributed by atoms with E-state index in [9.17, 15) is 8.42 Å². The van der Waals surface area contributed by atoms with Crippen LogP contribution < -0.4 is 16.4 Å². The van der Waals surface area contributed by atoms with E-state index >= 15 is 0 Å². The number of halogens is 1. The molecule has 1 aliphatic rings.